The van der Waals surface area contributed by atoms with Crippen LogP contribution in [0.2, 0.25) is 0 Å². The molecule has 0 atom stereocenters. The van der Waals surface area contributed by atoms with Gasteiger partial charge in [-0.05, 0) is 44.2 Å². The van der Waals surface area contributed by atoms with Gasteiger partial charge in [-0.1, -0.05) is 24.3 Å². The van der Waals surface area contributed by atoms with Crippen LogP contribution in [0.15, 0.2) is 59.7 Å². The molecule has 3 aromatic rings. The Morgan fingerprint density at radius 1 is 1.16 bits per heavy atom. The summed E-state index contributed by atoms with van der Waals surface area (Å²) < 4.78 is 1.84. The highest BCUT2D eigenvalue weighted by Gasteiger charge is 2.11. The van der Waals surface area contributed by atoms with E-state index in [0.29, 0.717) is 5.56 Å². The van der Waals surface area contributed by atoms with E-state index >= 15 is 0 Å². The van der Waals surface area contributed by atoms with E-state index in [1.165, 1.54) is 12.1 Å². The molecule has 0 spiro atoms. The first-order valence-electron chi connectivity index (χ1n) is 7.80. The van der Waals surface area contributed by atoms with Crippen LogP contribution >= 0.6 is 0 Å². The van der Waals surface area contributed by atoms with Gasteiger partial charge in [0.25, 0.3) is 5.91 Å². The lowest BCUT2D eigenvalue weighted by Gasteiger charge is -2.03. The molecule has 6 nitrogen and oxygen atoms in total. The van der Waals surface area contributed by atoms with Gasteiger partial charge in [-0.15, -0.1) is 0 Å². The molecule has 2 N–H and O–H groups in total. The monoisotopic (exact) mass is 334 g/mol. The fraction of sp³-hybridized carbons (Fsp3) is 0.105. The minimum atomic E-state index is -0.391. The normalized spacial score (nSPS) is 11.0. The van der Waals surface area contributed by atoms with Crippen LogP contribution in [0.1, 0.15) is 27.3 Å². The van der Waals surface area contributed by atoms with Gasteiger partial charge in [0.1, 0.15) is 5.75 Å². The van der Waals surface area contributed by atoms with Crippen molar-refractivity contribution in [3.05, 3.63) is 77.1 Å². The third-order valence-electron chi connectivity index (χ3n) is 3.82. The molecule has 0 saturated heterocycles. The lowest BCUT2D eigenvalue weighted by Crippen LogP contribution is -2.17. The van der Waals surface area contributed by atoms with E-state index < -0.39 is 5.91 Å². The van der Waals surface area contributed by atoms with Gasteiger partial charge in [0.2, 0.25) is 0 Å². The summed E-state index contributed by atoms with van der Waals surface area (Å²) in [6, 6.07) is 15.9. The predicted molar refractivity (Wildman–Crippen MR) is 96.2 cm³/mol. The molecule has 0 bridgehead atoms. The van der Waals surface area contributed by atoms with Crippen LogP contribution in [0.5, 0.6) is 5.75 Å². The second-order valence-electron chi connectivity index (χ2n) is 5.58. The maximum atomic E-state index is 12.0. The molecule has 0 aliphatic carbocycles. The zero-order valence-corrected chi connectivity index (χ0v) is 14.0. The molecular formula is C19H18N4O2. The van der Waals surface area contributed by atoms with E-state index in [0.717, 1.165) is 22.6 Å². The van der Waals surface area contributed by atoms with Crippen molar-refractivity contribution in [3.63, 3.8) is 0 Å². The van der Waals surface area contributed by atoms with Crippen LogP contribution in [0.4, 0.5) is 0 Å². The molecule has 0 saturated carbocycles. The second kappa shape index (κ2) is 7.00. The van der Waals surface area contributed by atoms with Crippen molar-refractivity contribution < 1.29 is 9.90 Å². The van der Waals surface area contributed by atoms with E-state index in [1.54, 1.807) is 18.3 Å². The molecule has 0 fully saturated rings. The van der Waals surface area contributed by atoms with Gasteiger partial charge < -0.3 is 5.11 Å². The smallest absolute Gasteiger partial charge is 0.271 e. The number of phenolic OH excluding ortho intramolecular Hbond substituents is 1. The van der Waals surface area contributed by atoms with Crippen molar-refractivity contribution >= 4 is 12.1 Å². The van der Waals surface area contributed by atoms with Gasteiger partial charge in [0, 0.05) is 11.1 Å². The number of nitrogens with zero attached hydrogens (tertiary/aromatic N) is 3. The number of phenols is 1. The van der Waals surface area contributed by atoms with Gasteiger partial charge in [0.15, 0.2) is 0 Å². The van der Waals surface area contributed by atoms with Crippen molar-refractivity contribution in [1.82, 2.24) is 15.2 Å². The minimum absolute atomic E-state index is 0.0347. The Morgan fingerprint density at radius 2 is 1.92 bits per heavy atom. The van der Waals surface area contributed by atoms with Gasteiger partial charge >= 0.3 is 0 Å². The largest absolute Gasteiger partial charge is 0.508 e. The number of carbonyl (C=O) groups excluding carboxylic acids is 1. The fourth-order valence-corrected chi connectivity index (χ4v) is 2.53. The average molecular weight is 334 g/mol. The quantitative estimate of drug-likeness (QED) is 0.569. The molecule has 0 unspecified atom stereocenters. The summed E-state index contributed by atoms with van der Waals surface area (Å²) in [5.41, 5.74) is 6.36. The summed E-state index contributed by atoms with van der Waals surface area (Å²) in [7, 11) is 0. The number of carbonyl (C=O) groups is 1. The number of benzene rings is 2. The topological polar surface area (TPSA) is 79.5 Å². The summed E-state index contributed by atoms with van der Waals surface area (Å²) in [4.78, 5) is 12.0. The Balaban J connectivity index is 1.78. The minimum Gasteiger partial charge on any atom is -0.508 e. The van der Waals surface area contributed by atoms with Crippen LogP contribution in [-0.2, 0) is 0 Å². The number of hydrazone groups is 1. The third-order valence-corrected chi connectivity index (χ3v) is 3.82. The Kier molecular flexibility index (Phi) is 4.61. The van der Waals surface area contributed by atoms with E-state index in [1.807, 2.05) is 48.9 Å². The molecule has 126 valence electrons. The number of hydrogen-bond acceptors (Lipinski definition) is 4. The van der Waals surface area contributed by atoms with Crippen molar-refractivity contribution in [2.45, 2.75) is 13.8 Å². The van der Waals surface area contributed by atoms with Crippen molar-refractivity contribution in [2.24, 2.45) is 5.10 Å². The maximum Gasteiger partial charge on any atom is 0.271 e. The fourth-order valence-electron chi connectivity index (χ4n) is 2.53. The summed E-state index contributed by atoms with van der Waals surface area (Å²) in [5, 5.41) is 18.0. The molecular weight excluding hydrogens is 316 g/mol. The van der Waals surface area contributed by atoms with Gasteiger partial charge in [-0.2, -0.15) is 10.2 Å². The molecule has 0 radical (unpaired) electrons. The summed E-state index contributed by atoms with van der Waals surface area (Å²) in [6.45, 7) is 3.84. The number of amides is 1. The average Bonchev–Trinajstić information content (AvgIpc) is 2.90. The van der Waals surface area contributed by atoms with E-state index in [2.05, 4.69) is 15.6 Å². The van der Waals surface area contributed by atoms with E-state index in [9.17, 15) is 9.90 Å². The summed E-state index contributed by atoms with van der Waals surface area (Å²) in [5.74, 6) is -0.356. The SMILES string of the molecule is Cc1nn(-c2ccccc2)c(C)c1/C=N\NC(=O)c1cccc(O)c1. The van der Waals surface area contributed by atoms with Crippen molar-refractivity contribution in [2.75, 3.05) is 0 Å². The predicted octanol–water partition coefficient (Wildman–Crippen LogP) is 2.96. The molecule has 3 rings (SSSR count). The summed E-state index contributed by atoms with van der Waals surface area (Å²) >= 11 is 0. The van der Waals surface area contributed by atoms with Gasteiger partial charge in [-0.3, -0.25) is 4.79 Å². The number of para-hydroxylation sites is 1. The highest BCUT2D eigenvalue weighted by molar-refractivity contribution is 5.95. The first-order valence-corrected chi connectivity index (χ1v) is 7.80. The van der Waals surface area contributed by atoms with Crippen LogP contribution in [0, 0.1) is 13.8 Å². The molecule has 0 aliphatic heterocycles. The third kappa shape index (κ3) is 3.58. The standard InChI is InChI=1S/C19H18N4O2/c1-13-18(14(2)23(22-13)16-8-4-3-5-9-16)12-20-21-19(25)15-7-6-10-17(24)11-15/h3-12,24H,1-2H3,(H,21,25)/b20-12-. The zero-order chi connectivity index (χ0) is 17.8. The zero-order valence-electron chi connectivity index (χ0n) is 14.0. The first-order chi connectivity index (χ1) is 12.1. The molecule has 1 heterocycles. The van der Waals surface area contributed by atoms with E-state index in [4.69, 9.17) is 0 Å². The molecule has 1 amide bonds. The Labute approximate surface area is 145 Å². The van der Waals surface area contributed by atoms with Crippen LogP contribution in [-0.4, -0.2) is 27.0 Å². The number of aromatic hydroxyl groups is 1. The van der Waals surface area contributed by atoms with Gasteiger partial charge in [0.05, 0.1) is 23.3 Å². The molecule has 6 heteroatoms. The molecule has 2 aromatic carbocycles. The number of aromatic nitrogens is 2. The maximum absolute atomic E-state index is 12.0. The lowest BCUT2D eigenvalue weighted by molar-refractivity contribution is 0.0954. The van der Waals surface area contributed by atoms with Crippen LogP contribution < -0.4 is 5.43 Å². The number of aryl methyl sites for hydroxylation is 1. The van der Waals surface area contributed by atoms with Gasteiger partial charge in [-0.25, -0.2) is 10.1 Å². The Hall–Kier alpha value is -3.41. The number of hydrogen-bond donors (Lipinski definition) is 2. The summed E-state index contributed by atoms with van der Waals surface area (Å²) in [6.07, 6.45) is 1.58. The Morgan fingerprint density at radius 3 is 2.64 bits per heavy atom. The Bertz CT molecular complexity index is 930. The molecule has 1 aromatic heterocycles. The first kappa shape index (κ1) is 16.4. The lowest BCUT2D eigenvalue weighted by atomic mass is 10.2. The van der Waals surface area contributed by atoms with Crippen molar-refractivity contribution in [3.8, 4) is 11.4 Å². The van der Waals surface area contributed by atoms with Crippen LogP contribution in [0.3, 0.4) is 0 Å². The number of rotatable bonds is 4. The van der Waals surface area contributed by atoms with Crippen molar-refractivity contribution in [1.29, 1.82) is 0 Å². The molecule has 0 aliphatic rings. The second-order valence-corrected chi connectivity index (χ2v) is 5.58. The highest BCUT2D eigenvalue weighted by Crippen LogP contribution is 2.16. The van der Waals surface area contributed by atoms with Crippen LogP contribution in [0.25, 0.3) is 5.69 Å². The number of nitrogens with one attached hydrogen (secondary N) is 1. The van der Waals surface area contributed by atoms with E-state index in [-0.39, 0.29) is 5.75 Å². The molecule has 25 heavy (non-hydrogen) atoms. The highest BCUT2D eigenvalue weighted by atomic mass is 16.3.